The van der Waals surface area contributed by atoms with Crippen molar-refractivity contribution in [1.29, 1.82) is 0 Å². The van der Waals surface area contributed by atoms with Gasteiger partial charge in [-0.15, -0.1) is 11.3 Å². The quantitative estimate of drug-likeness (QED) is 0.928. The molecule has 0 bridgehead atoms. The third-order valence-corrected chi connectivity index (χ3v) is 3.71. The van der Waals surface area contributed by atoms with Crippen molar-refractivity contribution in [3.05, 3.63) is 10.9 Å². The molecular formula is C11H16F3N3OS. The highest BCUT2D eigenvalue weighted by Gasteiger charge is 2.27. The van der Waals surface area contributed by atoms with Crippen LogP contribution < -0.4 is 10.6 Å². The highest BCUT2D eigenvalue weighted by atomic mass is 32.1. The van der Waals surface area contributed by atoms with Crippen LogP contribution in [0.5, 0.6) is 0 Å². The first kappa shape index (κ1) is 15.6. The van der Waals surface area contributed by atoms with Gasteiger partial charge in [-0.3, -0.25) is 4.79 Å². The Hall–Kier alpha value is -1.44. The zero-order valence-electron chi connectivity index (χ0n) is 10.9. The molecule has 108 valence electrons. The second-order valence-corrected chi connectivity index (χ2v) is 5.39. The standard InChI is InChI=1S/C11H16F3N3OS/c1-16(2)10(18)9-7(15)6-8(19-9)17(3)5-4-11(12,13)14/h6H,4-5,15H2,1-3H3. The van der Waals surface area contributed by atoms with E-state index in [9.17, 15) is 18.0 Å². The van der Waals surface area contributed by atoms with Gasteiger partial charge in [-0.05, 0) is 6.07 Å². The Morgan fingerprint density at radius 1 is 1.37 bits per heavy atom. The summed E-state index contributed by atoms with van der Waals surface area (Å²) in [6, 6.07) is 1.53. The van der Waals surface area contributed by atoms with Gasteiger partial charge in [-0.25, -0.2) is 0 Å². The molecule has 0 atom stereocenters. The number of nitrogens with zero attached hydrogens (tertiary/aromatic N) is 2. The molecule has 0 aliphatic heterocycles. The minimum Gasteiger partial charge on any atom is -0.397 e. The van der Waals surface area contributed by atoms with E-state index in [1.165, 1.54) is 15.9 Å². The molecule has 0 saturated heterocycles. The molecule has 1 aromatic rings. The van der Waals surface area contributed by atoms with Gasteiger partial charge in [0.15, 0.2) is 0 Å². The minimum atomic E-state index is -4.20. The number of anilines is 2. The first-order chi connectivity index (χ1) is 8.61. The molecule has 0 aliphatic carbocycles. The summed E-state index contributed by atoms with van der Waals surface area (Å²) in [5.41, 5.74) is 6.00. The lowest BCUT2D eigenvalue weighted by Crippen LogP contribution is -2.23. The highest BCUT2D eigenvalue weighted by molar-refractivity contribution is 7.18. The van der Waals surface area contributed by atoms with Crippen LogP contribution in [0.3, 0.4) is 0 Å². The third kappa shape index (κ3) is 4.30. The van der Waals surface area contributed by atoms with E-state index in [2.05, 4.69) is 0 Å². The van der Waals surface area contributed by atoms with E-state index >= 15 is 0 Å². The highest BCUT2D eigenvalue weighted by Crippen LogP contribution is 2.33. The summed E-state index contributed by atoms with van der Waals surface area (Å²) in [7, 11) is 4.73. The molecule has 1 rings (SSSR count). The van der Waals surface area contributed by atoms with Crippen LogP contribution in [-0.2, 0) is 0 Å². The monoisotopic (exact) mass is 295 g/mol. The van der Waals surface area contributed by atoms with Crippen molar-refractivity contribution in [1.82, 2.24) is 4.90 Å². The van der Waals surface area contributed by atoms with Crippen molar-refractivity contribution < 1.29 is 18.0 Å². The van der Waals surface area contributed by atoms with Gasteiger partial charge in [0, 0.05) is 27.7 Å². The number of thiophene rings is 1. The van der Waals surface area contributed by atoms with Crippen molar-refractivity contribution >= 4 is 27.9 Å². The van der Waals surface area contributed by atoms with Crippen LogP contribution in [-0.4, -0.2) is 44.7 Å². The second kappa shape index (κ2) is 5.68. The van der Waals surface area contributed by atoms with Crippen LogP contribution in [0.4, 0.5) is 23.9 Å². The number of nitrogens with two attached hydrogens (primary N) is 1. The predicted octanol–water partition coefficient (Wildman–Crippen LogP) is 2.42. The van der Waals surface area contributed by atoms with Crippen LogP contribution >= 0.6 is 11.3 Å². The molecule has 1 heterocycles. The van der Waals surface area contributed by atoms with Crippen molar-refractivity contribution in [3.63, 3.8) is 0 Å². The van der Waals surface area contributed by atoms with Crippen LogP contribution in [0.25, 0.3) is 0 Å². The molecule has 0 aliphatic rings. The summed E-state index contributed by atoms with van der Waals surface area (Å²) in [4.78, 5) is 14.9. The van der Waals surface area contributed by atoms with E-state index in [0.717, 1.165) is 11.3 Å². The van der Waals surface area contributed by atoms with Gasteiger partial charge >= 0.3 is 6.18 Å². The van der Waals surface area contributed by atoms with Gasteiger partial charge in [0.2, 0.25) is 0 Å². The summed E-state index contributed by atoms with van der Waals surface area (Å²) in [6.07, 6.45) is -5.10. The molecule has 19 heavy (non-hydrogen) atoms. The zero-order chi connectivity index (χ0) is 14.8. The van der Waals surface area contributed by atoms with Crippen molar-refractivity contribution in [3.8, 4) is 0 Å². The van der Waals surface area contributed by atoms with E-state index in [0.29, 0.717) is 9.88 Å². The number of alkyl halides is 3. The second-order valence-electron chi connectivity index (χ2n) is 4.36. The smallest absolute Gasteiger partial charge is 0.390 e. The molecule has 0 unspecified atom stereocenters. The Balaban J connectivity index is 2.80. The Morgan fingerprint density at radius 2 is 1.95 bits per heavy atom. The van der Waals surface area contributed by atoms with E-state index in [1.807, 2.05) is 0 Å². The van der Waals surface area contributed by atoms with Crippen LogP contribution in [0.15, 0.2) is 6.07 Å². The van der Waals surface area contributed by atoms with Gasteiger partial charge in [0.25, 0.3) is 5.91 Å². The summed E-state index contributed by atoms with van der Waals surface area (Å²) in [6.45, 7) is -0.168. The van der Waals surface area contributed by atoms with E-state index < -0.39 is 12.6 Å². The fourth-order valence-corrected chi connectivity index (χ4v) is 2.44. The predicted molar refractivity (Wildman–Crippen MR) is 70.7 cm³/mol. The first-order valence-electron chi connectivity index (χ1n) is 5.50. The molecule has 0 aromatic carbocycles. The van der Waals surface area contributed by atoms with Crippen molar-refractivity contribution in [2.75, 3.05) is 38.3 Å². The summed E-state index contributed by atoms with van der Waals surface area (Å²) < 4.78 is 36.4. The fourth-order valence-electron chi connectivity index (χ4n) is 1.35. The lowest BCUT2D eigenvalue weighted by Gasteiger charge is -2.17. The molecule has 0 fully saturated rings. The SMILES string of the molecule is CN(C)C(=O)c1sc(N(C)CCC(F)(F)F)cc1N. The number of rotatable bonds is 4. The maximum absolute atomic E-state index is 12.1. The Bertz CT molecular complexity index is 457. The Morgan fingerprint density at radius 3 is 2.42 bits per heavy atom. The van der Waals surface area contributed by atoms with Gasteiger partial charge in [-0.1, -0.05) is 0 Å². The van der Waals surface area contributed by atoms with Crippen LogP contribution in [0.2, 0.25) is 0 Å². The van der Waals surface area contributed by atoms with E-state index in [-0.39, 0.29) is 18.1 Å². The van der Waals surface area contributed by atoms with Gasteiger partial charge in [-0.2, -0.15) is 13.2 Å². The van der Waals surface area contributed by atoms with Gasteiger partial charge in [0.1, 0.15) is 4.88 Å². The topological polar surface area (TPSA) is 49.6 Å². The van der Waals surface area contributed by atoms with Crippen molar-refractivity contribution in [2.24, 2.45) is 0 Å². The zero-order valence-corrected chi connectivity index (χ0v) is 11.7. The molecule has 8 heteroatoms. The fraction of sp³-hybridized carbons (Fsp3) is 0.545. The Kier molecular flexibility index (Phi) is 4.67. The molecular weight excluding hydrogens is 279 g/mol. The summed E-state index contributed by atoms with van der Waals surface area (Å²) in [5, 5.41) is 0.548. The van der Waals surface area contributed by atoms with Crippen LogP contribution in [0, 0.1) is 0 Å². The molecule has 1 amide bonds. The molecule has 4 nitrogen and oxygen atoms in total. The normalized spacial score (nSPS) is 11.5. The number of nitrogen functional groups attached to an aromatic ring is 1. The van der Waals surface area contributed by atoms with Gasteiger partial charge < -0.3 is 15.5 Å². The number of amides is 1. The lowest BCUT2D eigenvalue weighted by atomic mass is 10.3. The maximum atomic E-state index is 12.1. The lowest BCUT2D eigenvalue weighted by molar-refractivity contribution is -0.132. The molecule has 1 aromatic heterocycles. The van der Waals surface area contributed by atoms with E-state index in [4.69, 9.17) is 5.73 Å². The number of hydrogen-bond acceptors (Lipinski definition) is 4. The Labute approximate surface area is 113 Å². The van der Waals surface area contributed by atoms with Crippen LogP contribution in [0.1, 0.15) is 16.1 Å². The van der Waals surface area contributed by atoms with E-state index in [1.54, 1.807) is 21.1 Å². The average molecular weight is 295 g/mol. The number of halogens is 3. The average Bonchev–Trinajstić information content (AvgIpc) is 2.66. The van der Waals surface area contributed by atoms with Crippen molar-refractivity contribution in [2.45, 2.75) is 12.6 Å². The molecule has 0 saturated carbocycles. The minimum absolute atomic E-state index is 0.168. The third-order valence-electron chi connectivity index (χ3n) is 2.46. The first-order valence-corrected chi connectivity index (χ1v) is 6.32. The largest absolute Gasteiger partial charge is 0.397 e. The number of hydrogen-bond donors (Lipinski definition) is 1. The number of carbonyl (C=O) groups excluding carboxylic acids is 1. The summed E-state index contributed by atoms with van der Waals surface area (Å²) in [5.74, 6) is -0.252. The molecule has 0 radical (unpaired) electrons. The number of carbonyl (C=O) groups is 1. The summed E-state index contributed by atoms with van der Waals surface area (Å²) >= 11 is 1.10. The van der Waals surface area contributed by atoms with Gasteiger partial charge in [0.05, 0.1) is 17.1 Å². The maximum Gasteiger partial charge on any atom is 0.390 e. The molecule has 0 spiro atoms. The molecule has 2 N–H and O–H groups in total.